The molecule has 0 bridgehead atoms. The van der Waals surface area contributed by atoms with Gasteiger partial charge in [-0.25, -0.2) is 0 Å². The number of hydrogen-bond donors (Lipinski definition) is 0. The second kappa shape index (κ2) is 5.29. The molecule has 0 aromatic heterocycles. The van der Waals surface area contributed by atoms with Crippen LogP contribution in [0.25, 0.3) is 0 Å². The highest BCUT2D eigenvalue weighted by atomic mass is 32.2. The molecule has 104 valence electrons. The Labute approximate surface area is 126 Å². The minimum Gasteiger partial charge on any atom is -0.129 e. The van der Waals surface area contributed by atoms with Crippen molar-refractivity contribution in [2.24, 2.45) is 0 Å². The van der Waals surface area contributed by atoms with Crippen molar-refractivity contribution in [2.45, 2.75) is 44.4 Å². The van der Waals surface area contributed by atoms with Crippen molar-refractivity contribution in [3.05, 3.63) is 63.7 Å². The summed E-state index contributed by atoms with van der Waals surface area (Å²) in [5.74, 6) is 0.590. The summed E-state index contributed by atoms with van der Waals surface area (Å²) in [6.45, 7) is 6.69. The lowest BCUT2D eigenvalue weighted by Gasteiger charge is -2.18. The molecule has 2 aromatic carbocycles. The average molecular weight is 282 g/mol. The highest BCUT2D eigenvalue weighted by Crippen LogP contribution is 2.45. The SMILES string of the molecule is CSc1cc(C)c(C)c2c1C(c1ccc(C)cc1)CC2. The number of benzene rings is 2. The summed E-state index contributed by atoms with van der Waals surface area (Å²) >= 11 is 1.90. The van der Waals surface area contributed by atoms with Crippen molar-refractivity contribution in [1.29, 1.82) is 0 Å². The van der Waals surface area contributed by atoms with E-state index in [1.54, 1.807) is 11.1 Å². The van der Waals surface area contributed by atoms with Crippen LogP contribution >= 0.6 is 11.8 Å². The fraction of sp³-hybridized carbons (Fsp3) is 0.368. The predicted octanol–water partition coefficient (Wildman–Crippen LogP) is 5.41. The van der Waals surface area contributed by atoms with E-state index in [9.17, 15) is 0 Å². The van der Waals surface area contributed by atoms with Gasteiger partial charge in [-0.1, -0.05) is 29.8 Å². The van der Waals surface area contributed by atoms with Crippen LogP contribution in [0.4, 0.5) is 0 Å². The molecule has 1 atom stereocenters. The van der Waals surface area contributed by atoms with Crippen LogP contribution in [0.15, 0.2) is 35.2 Å². The van der Waals surface area contributed by atoms with E-state index in [0.29, 0.717) is 5.92 Å². The largest absolute Gasteiger partial charge is 0.129 e. The Bertz CT molecular complexity index is 638. The van der Waals surface area contributed by atoms with Gasteiger partial charge in [0, 0.05) is 10.8 Å². The molecule has 0 fully saturated rings. The number of thioether (sulfide) groups is 1. The Morgan fingerprint density at radius 3 is 2.40 bits per heavy atom. The van der Waals surface area contributed by atoms with Gasteiger partial charge in [0.15, 0.2) is 0 Å². The highest BCUT2D eigenvalue weighted by molar-refractivity contribution is 7.98. The second-order valence-corrected chi connectivity index (χ2v) is 6.76. The third-order valence-electron chi connectivity index (χ3n) is 4.71. The molecule has 0 aliphatic heterocycles. The molecule has 0 amide bonds. The summed E-state index contributed by atoms with van der Waals surface area (Å²) in [6.07, 6.45) is 4.69. The summed E-state index contributed by atoms with van der Waals surface area (Å²) in [5, 5.41) is 0. The highest BCUT2D eigenvalue weighted by Gasteiger charge is 2.28. The van der Waals surface area contributed by atoms with Crippen LogP contribution in [0.3, 0.4) is 0 Å². The molecular weight excluding hydrogens is 260 g/mol. The van der Waals surface area contributed by atoms with Crippen molar-refractivity contribution in [1.82, 2.24) is 0 Å². The molecular formula is C19H22S. The summed E-state index contributed by atoms with van der Waals surface area (Å²) in [6, 6.07) is 11.5. The molecule has 0 radical (unpaired) electrons. The van der Waals surface area contributed by atoms with Crippen LogP contribution in [-0.4, -0.2) is 6.26 Å². The van der Waals surface area contributed by atoms with Gasteiger partial charge in [0.1, 0.15) is 0 Å². The zero-order valence-corrected chi connectivity index (χ0v) is 13.6. The van der Waals surface area contributed by atoms with Crippen LogP contribution in [0.1, 0.15) is 45.7 Å². The Balaban J connectivity index is 2.13. The van der Waals surface area contributed by atoms with E-state index in [-0.39, 0.29) is 0 Å². The van der Waals surface area contributed by atoms with Gasteiger partial charge in [-0.2, -0.15) is 0 Å². The van der Waals surface area contributed by atoms with Gasteiger partial charge in [0.05, 0.1) is 0 Å². The minimum atomic E-state index is 0.590. The molecule has 0 heterocycles. The fourth-order valence-corrected chi connectivity index (χ4v) is 4.19. The number of hydrogen-bond acceptors (Lipinski definition) is 1. The summed E-state index contributed by atoms with van der Waals surface area (Å²) in [4.78, 5) is 1.48. The second-order valence-electron chi connectivity index (χ2n) is 5.91. The van der Waals surface area contributed by atoms with Crippen molar-refractivity contribution in [3.63, 3.8) is 0 Å². The molecule has 1 heteroatoms. The van der Waals surface area contributed by atoms with Crippen LogP contribution in [-0.2, 0) is 6.42 Å². The van der Waals surface area contributed by atoms with Gasteiger partial charge in [-0.3, -0.25) is 0 Å². The molecule has 1 aliphatic rings. The Morgan fingerprint density at radius 2 is 1.75 bits per heavy atom. The van der Waals surface area contributed by atoms with E-state index in [4.69, 9.17) is 0 Å². The van der Waals surface area contributed by atoms with Crippen LogP contribution in [0.2, 0.25) is 0 Å². The molecule has 3 rings (SSSR count). The Morgan fingerprint density at radius 1 is 1.05 bits per heavy atom. The molecule has 1 aliphatic carbocycles. The molecule has 0 spiro atoms. The van der Waals surface area contributed by atoms with Crippen LogP contribution in [0, 0.1) is 20.8 Å². The standard InChI is InChI=1S/C19H22S/c1-12-5-7-15(8-6-12)17-10-9-16-14(3)13(2)11-18(20-4)19(16)17/h5-8,11,17H,9-10H2,1-4H3. The van der Waals surface area contributed by atoms with Crippen LogP contribution < -0.4 is 0 Å². The molecule has 0 saturated carbocycles. The van der Waals surface area contributed by atoms with E-state index < -0.39 is 0 Å². The summed E-state index contributed by atoms with van der Waals surface area (Å²) in [5.41, 5.74) is 8.99. The van der Waals surface area contributed by atoms with E-state index >= 15 is 0 Å². The smallest absolute Gasteiger partial charge is 0.0113 e. The van der Waals surface area contributed by atoms with Gasteiger partial charge < -0.3 is 0 Å². The zero-order chi connectivity index (χ0) is 14.3. The Hall–Kier alpha value is -1.21. The number of aryl methyl sites for hydroxylation is 2. The number of fused-ring (bicyclic) bond motifs is 1. The van der Waals surface area contributed by atoms with Gasteiger partial charge in [-0.15, -0.1) is 11.8 Å². The maximum Gasteiger partial charge on any atom is 0.0113 e. The third-order valence-corrected chi connectivity index (χ3v) is 5.49. The van der Waals surface area contributed by atoms with E-state index in [2.05, 4.69) is 57.4 Å². The first-order valence-corrected chi connectivity index (χ1v) is 8.57. The van der Waals surface area contributed by atoms with Crippen molar-refractivity contribution >= 4 is 11.8 Å². The molecule has 20 heavy (non-hydrogen) atoms. The van der Waals surface area contributed by atoms with E-state index in [0.717, 1.165) is 0 Å². The maximum atomic E-state index is 2.38. The van der Waals surface area contributed by atoms with E-state index in [1.807, 2.05) is 11.8 Å². The van der Waals surface area contributed by atoms with Gasteiger partial charge in [0.2, 0.25) is 0 Å². The topological polar surface area (TPSA) is 0 Å². The molecule has 0 nitrogen and oxygen atoms in total. The molecule has 0 saturated heterocycles. The minimum absolute atomic E-state index is 0.590. The summed E-state index contributed by atoms with van der Waals surface area (Å²) in [7, 11) is 0. The monoisotopic (exact) mass is 282 g/mol. The first kappa shape index (κ1) is 13.8. The van der Waals surface area contributed by atoms with E-state index in [1.165, 1.54) is 40.0 Å². The average Bonchev–Trinajstić information content (AvgIpc) is 2.89. The van der Waals surface area contributed by atoms with Gasteiger partial charge in [0.25, 0.3) is 0 Å². The van der Waals surface area contributed by atoms with Gasteiger partial charge >= 0.3 is 0 Å². The first-order valence-electron chi connectivity index (χ1n) is 7.35. The predicted molar refractivity (Wildman–Crippen MR) is 89.0 cm³/mol. The third kappa shape index (κ3) is 2.18. The van der Waals surface area contributed by atoms with Crippen molar-refractivity contribution in [2.75, 3.05) is 6.26 Å². The molecule has 0 N–H and O–H groups in total. The lowest BCUT2D eigenvalue weighted by atomic mass is 9.90. The lowest BCUT2D eigenvalue weighted by molar-refractivity contribution is 0.779. The lowest BCUT2D eigenvalue weighted by Crippen LogP contribution is -2.00. The van der Waals surface area contributed by atoms with Gasteiger partial charge in [-0.05, 0) is 73.8 Å². The summed E-state index contributed by atoms with van der Waals surface area (Å²) < 4.78 is 0. The number of rotatable bonds is 2. The maximum absolute atomic E-state index is 2.38. The molecule has 2 aromatic rings. The Kier molecular flexibility index (Phi) is 3.64. The quantitative estimate of drug-likeness (QED) is 0.663. The van der Waals surface area contributed by atoms with Crippen molar-refractivity contribution < 1.29 is 0 Å². The molecule has 1 unspecified atom stereocenters. The van der Waals surface area contributed by atoms with Crippen molar-refractivity contribution in [3.8, 4) is 0 Å². The van der Waals surface area contributed by atoms with Crippen LogP contribution in [0.5, 0.6) is 0 Å². The zero-order valence-electron chi connectivity index (χ0n) is 12.8. The first-order chi connectivity index (χ1) is 9.61. The fourth-order valence-electron chi connectivity index (χ4n) is 3.41. The normalized spacial score (nSPS) is 17.3.